The van der Waals surface area contributed by atoms with Gasteiger partial charge < -0.3 is 0 Å². The second-order valence-electron chi connectivity index (χ2n) is 4.59. The summed E-state index contributed by atoms with van der Waals surface area (Å²) in [5.74, 6) is -1.16. The normalized spacial score (nSPS) is 14.1. The standard InChI is InChI=1S/C14H15NO3/c1-4-10(16)7-15-11-6-8(2)5-9(3)12(11)13(17)14(15)18/h5-6H,4,7H2,1-3H3. The van der Waals surface area contributed by atoms with E-state index >= 15 is 0 Å². The van der Waals surface area contributed by atoms with Gasteiger partial charge in [-0.1, -0.05) is 13.0 Å². The van der Waals surface area contributed by atoms with E-state index in [1.165, 1.54) is 4.90 Å². The van der Waals surface area contributed by atoms with E-state index in [2.05, 4.69) is 0 Å². The van der Waals surface area contributed by atoms with E-state index < -0.39 is 11.7 Å². The zero-order chi connectivity index (χ0) is 13.4. The van der Waals surface area contributed by atoms with Gasteiger partial charge in [0.05, 0.1) is 17.8 Å². The minimum Gasteiger partial charge on any atom is -0.298 e. The molecule has 0 atom stereocenters. The number of fused-ring (bicyclic) bond motifs is 1. The second-order valence-corrected chi connectivity index (χ2v) is 4.59. The first-order valence-electron chi connectivity index (χ1n) is 5.94. The number of nitrogens with zero attached hydrogens (tertiary/aromatic N) is 1. The van der Waals surface area contributed by atoms with Crippen molar-refractivity contribution in [2.75, 3.05) is 11.4 Å². The van der Waals surface area contributed by atoms with Crippen LogP contribution in [0.3, 0.4) is 0 Å². The molecule has 1 aliphatic rings. The highest BCUT2D eigenvalue weighted by molar-refractivity contribution is 6.53. The Hall–Kier alpha value is -1.97. The van der Waals surface area contributed by atoms with Crippen LogP contribution in [0.15, 0.2) is 12.1 Å². The molecular weight excluding hydrogens is 230 g/mol. The van der Waals surface area contributed by atoms with Gasteiger partial charge in [0.25, 0.3) is 11.7 Å². The Bertz CT molecular complexity index is 560. The number of rotatable bonds is 3. The molecule has 1 heterocycles. The van der Waals surface area contributed by atoms with Crippen molar-refractivity contribution >= 4 is 23.2 Å². The third kappa shape index (κ3) is 1.83. The number of benzene rings is 1. The Morgan fingerprint density at radius 2 is 1.89 bits per heavy atom. The van der Waals surface area contributed by atoms with Crippen LogP contribution in [0.2, 0.25) is 0 Å². The van der Waals surface area contributed by atoms with Crippen molar-refractivity contribution < 1.29 is 14.4 Å². The fraction of sp³-hybridized carbons (Fsp3) is 0.357. The van der Waals surface area contributed by atoms with Crippen molar-refractivity contribution in [3.63, 3.8) is 0 Å². The molecule has 0 fully saturated rings. The van der Waals surface area contributed by atoms with E-state index in [1.54, 1.807) is 13.0 Å². The molecule has 1 aliphatic heterocycles. The summed E-state index contributed by atoms with van der Waals surface area (Å²) in [6, 6.07) is 3.66. The molecule has 0 unspecified atom stereocenters. The molecule has 1 amide bonds. The fourth-order valence-corrected chi connectivity index (χ4v) is 2.24. The van der Waals surface area contributed by atoms with Gasteiger partial charge in [-0.25, -0.2) is 0 Å². The van der Waals surface area contributed by atoms with Crippen molar-refractivity contribution in [3.05, 3.63) is 28.8 Å². The minimum absolute atomic E-state index is 0.0169. The largest absolute Gasteiger partial charge is 0.299 e. The van der Waals surface area contributed by atoms with Gasteiger partial charge in [-0.2, -0.15) is 0 Å². The maximum absolute atomic E-state index is 11.9. The number of hydrogen-bond donors (Lipinski definition) is 0. The van der Waals surface area contributed by atoms with Crippen LogP contribution in [0.1, 0.15) is 34.8 Å². The van der Waals surface area contributed by atoms with Crippen LogP contribution in [0, 0.1) is 13.8 Å². The third-order valence-corrected chi connectivity index (χ3v) is 3.15. The first-order chi connectivity index (χ1) is 8.45. The summed E-state index contributed by atoms with van der Waals surface area (Å²) in [4.78, 5) is 36.6. The highest BCUT2D eigenvalue weighted by atomic mass is 16.2. The van der Waals surface area contributed by atoms with Crippen molar-refractivity contribution in [2.24, 2.45) is 0 Å². The summed E-state index contributed by atoms with van der Waals surface area (Å²) >= 11 is 0. The number of Topliss-reactive ketones (excluding diaryl/α,β-unsaturated/α-hetero) is 2. The summed E-state index contributed by atoms with van der Waals surface area (Å²) in [7, 11) is 0. The zero-order valence-corrected chi connectivity index (χ0v) is 10.7. The van der Waals surface area contributed by atoms with Gasteiger partial charge >= 0.3 is 0 Å². The molecule has 0 aliphatic carbocycles. The Balaban J connectivity index is 2.51. The van der Waals surface area contributed by atoms with Gasteiger partial charge in [0.2, 0.25) is 0 Å². The summed E-state index contributed by atoms with van der Waals surface area (Å²) in [5.41, 5.74) is 2.77. The van der Waals surface area contributed by atoms with Crippen LogP contribution in [0.4, 0.5) is 5.69 Å². The number of amides is 1. The molecule has 0 bridgehead atoms. The van der Waals surface area contributed by atoms with Crippen LogP contribution in [0.25, 0.3) is 0 Å². The molecule has 2 rings (SSSR count). The predicted molar refractivity (Wildman–Crippen MR) is 67.9 cm³/mol. The molecule has 0 spiro atoms. The maximum Gasteiger partial charge on any atom is 0.299 e. The topological polar surface area (TPSA) is 54.5 Å². The lowest BCUT2D eigenvalue weighted by atomic mass is 10.0. The monoisotopic (exact) mass is 245 g/mol. The van der Waals surface area contributed by atoms with E-state index in [9.17, 15) is 14.4 Å². The predicted octanol–water partition coefficient (Wildman–Crippen LogP) is 1.81. The summed E-state index contributed by atoms with van der Waals surface area (Å²) in [6.45, 7) is 5.44. The van der Waals surface area contributed by atoms with Crippen LogP contribution < -0.4 is 4.90 Å². The summed E-state index contributed by atoms with van der Waals surface area (Å²) < 4.78 is 0. The Morgan fingerprint density at radius 3 is 2.50 bits per heavy atom. The Morgan fingerprint density at radius 1 is 1.22 bits per heavy atom. The molecule has 1 aromatic carbocycles. The highest BCUT2D eigenvalue weighted by Crippen LogP contribution is 2.32. The SMILES string of the molecule is CCC(=O)CN1C(=O)C(=O)c2c(C)cc(C)cc21. The molecule has 0 saturated heterocycles. The van der Waals surface area contributed by atoms with Gasteiger partial charge in [-0.3, -0.25) is 19.3 Å². The number of anilines is 1. The third-order valence-electron chi connectivity index (χ3n) is 3.15. The number of ketones is 2. The van der Waals surface area contributed by atoms with E-state index in [4.69, 9.17) is 0 Å². The van der Waals surface area contributed by atoms with Crippen LogP contribution in [-0.4, -0.2) is 24.0 Å². The molecule has 18 heavy (non-hydrogen) atoms. The molecular formula is C14H15NO3. The lowest BCUT2D eigenvalue weighted by molar-refractivity contribution is -0.120. The van der Waals surface area contributed by atoms with E-state index in [-0.39, 0.29) is 12.3 Å². The number of carbonyl (C=O) groups excluding carboxylic acids is 3. The maximum atomic E-state index is 11.9. The first-order valence-corrected chi connectivity index (χ1v) is 5.94. The first kappa shape index (κ1) is 12.5. The van der Waals surface area contributed by atoms with Gasteiger partial charge in [-0.05, 0) is 31.0 Å². The average molecular weight is 245 g/mol. The van der Waals surface area contributed by atoms with Crippen molar-refractivity contribution in [2.45, 2.75) is 27.2 Å². The zero-order valence-electron chi connectivity index (χ0n) is 10.7. The quantitative estimate of drug-likeness (QED) is 0.763. The molecule has 94 valence electrons. The number of hydrogen-bond acceptors (Lipinski definition) is 3. The summed E-state index contributed by atoms with van der Waals surface area (Å²) in [6.07, 6.45) is 0.359. The van der Waals surface area contributed by atoms with Gasteiger partial charge in [0.1, 0.15) is 0 Å². The van der Waals surface area contributed by atoms with Crippen LogP contribution in [0.5, 0.6) is 0 Å². The molecule has 1 aromatic rings. The lowest BCUT2D eigenvalue weighted by Crippen LogP contribution is -2.34. The second kappa shape index (κ2) is 4.37. The number of aryl methyl sites for hydroxylation is 2. The van der Waals surface area contributed by atoms with Crippen molar-refractivity contribution in [1.82, 2.24) is 0 Å². The average Bonchev–Trinajstić information content (AvgIpc) is 2.54. The fourth-order valence-electron chi connectivity index (χ4n) is 2.24. The minimum atomic E-state index is -0.597. The Labute approximate surface area is 106 Å². The van der Waals surface area contributed by atoms with Gasteiger partial charge in [-0.15, -0.1) is 0 Å². The van der Waals surface area contributed by atoms with Crippen molar-refractivity contribution in [1.29, 1.82) is 0 Å². The van der Waals surface area contributed by atoms with E-state index in [0.717, 1.165) is 11.1 Å². The molecule has 4 heteroatoms. The molecule has 4 nitrogen and oxygen atoms in total. The molecule has 0 radical (unpaired) electrons. The molecule has 0 aromatic heterocycles. The van der Waals surface area contributed by atoms with E-state index in [0.29, 0.717) is 17.7 Å². The lowest BCUT2D eigenvalue weighted by Gasteiger charge is -2.16. The van der Waals surface area contributed by atoms with Crippen LogP contribution in [-0.2, 0) is 9.59 Å². The summed E-state index contributed by atoms with van der Waals surface area (Å²) in [5, 5.41) is 0. The smallest absolute Gasteiger partial charge is 0.298 e. The number of carbonyl (C=O) groups is 3. The van der Waals surface area contributed by atoms with Gasteiger partial charge in [0.15, 0.2) is 5.78 Å². The Kier molecular flexibility index (Phi) is 3.03. The van der Waals surface area contributed by atoms with Crippen LogP contribution >= 0.6 is 0 Å². The van der Waals surface area contributed by atoms with E-state index in [1.807, 2.05) is 19.9 Å². The highest BCUT2D eigenvalue weighted by Gasteiger charge is 2.37. The molecule has 0 N–H and O–H groups in total. The van der Waals surface area contributed by atoms with Gasteiger partial charge in [0, 0.05) is 6.42 Å². The molecule has 0 saturated carbocycles. The van der Waals surface area contributed by atoms with Crippen molar-refractivity contribution in [3.8, 4) is 0 Å².